The number of nitrogens with zero attached hydrogens (tertiary/aromatic N) is 1. The summed E-state index contributed by atoms with van der Waals surface area (Å²) in [6, 6.07) is 14.3. The second kappa shape index (κ2) is 9.91. The number of carbonyl (C=O) groups is 1. The van der Waals surface area contributed by atoms with Crippen molar-refractivity contribution in [1.29, 1.82) is 0 Å². The van der Waals surface area contributed by atoms with Gasteiger partial charge in [-0.2, -0.15) is 0 Å². The standard InChI is InChI=1S/C21H16Cl2N2O5S/c1-30-19-6-3-13(21(26)27)9-17(19)24-11-12-2-7-20(18(8-12)25(28)29)31-14-4-5-15(22)16(23)10-14/h2-10,24H,11H2,1H3,(H,26,27). The largest absolute Gasteiger partial charge is 0.495 e. The third-order valence-corrected chi connectivity index (χ3v) is 6.06. The van der Waals surface area contributed by atoms with Gasteiger partial charge in [-0.3, -0.25) is 10.1 Å². The lowest BCUT2D eigenvalue weighted by Crippen LogP contribution is -2.04. The van der Waals surface area contributed by atoms with E-state index in [1.807, 2.05) is 0 Å². The molecule has 0 unspecified atom stereocenters. The minimum absolute atomic E-state index is 0.0541. The van der Waals surface area contributed by atoms with E-state index in [0.717, 1.165) is 4.90 Å². The van der Waals surface area contributed by atoms with Gasteiger partial charge in [-0.1, -0.05) is 41.0 Å². The fraction of sp³-hybridized carbons (Fsp3) is 0.0952. The predicted octanol–water partition coefficient (Wildman–Crippen LogP) is 6.37. The minimum atomic E-state index is -1.06. The zero-order valence-electron chi connectivity index (χ0n) is 16.1. The lowest BCUT2D eigenvalue weighted by atomic mass is 10.1. The SMILES string of the molecule is COc1ccc(C(=O)O)cc1NCc1ccc(Sc2ccc(Cl)c(Cl)c2)c([N+](=O)[O-])c1. The van der Waals surface area contributed by atoms with Crippen molar-refractivity contribution >= 4 is 52.3 Å². The summed E-state index contributed by atoms with van der Waals surface area (Å²) in [5.41, 5.74) is 1.16. The van der Waals surface area contributed by atoms with E-state index >= 15 is 0 Å². The van der Waals surface area contributed by atoms with E-state index in [9.17, 15) is 20.0 Å². The molecule has 0 saturated heterocycles. The topological polar surface area (TPSA) is 102 Å². The fourth-order valence-electron chi connectivity index (χ4n) is 2.75. The molecule has 0 radical (unpaired) electrons. The van der Waals surface area contributed by atoms with E-state index in [0.29, 0.717) is 31.9 Å². The summed E-state index contributed by atoms with van der Waals surface area (Å²) in [6.45, 7) is 0.234. The summed E-state index contributed by atoms with van der Waals surface area (Å²) in [4.78, 5) is 23.6. The zero-order valence-corrected chi connectivity index (χ0v) is 18.4. The number of nitro benzene ring substituents is 1. The number of hydrogen-bond donors (Lipinski definition) is 2. The molecule has 0 aliphatic heterocycles. The number of carboxylic acids is 1. The predicted molar refractivity (Wildman–Crippen MR) is 121 cm³/mol. The average Bonchev–Trinajstić information content (AvgIpc) is 2.75. The molecule has 3 rings (SSSR count). The number of rotatable bonds is 8. The first kappa shape index (κ1) is 22.7. The van der Waals surface area contributed by atoms with Crippen LogP contribution in [-0.2, 0) is 6.54 Å². The van der Waals surface area contributed by atoms with Crippen LogP contribution in [0.1, 0.15) is 15.9 Å². The van der Waals surface area contributed by atoms with E-state index in [4.69, 9.17) is 27.9 Å². The average molecular weight is 479 g/mol. The van der Waals surface area contributed by atoms with Gasteiger partial charge >= 0.3 is 5.97 Å². The first-order chi connectivity index (χ1) is 14.8. The highest BCUT2D eigenvalue weighted by molar-refractivity contribution is 7.99. The van der Waals surface area contributed by atoms with Gasteiger partial charge in [0, 0.05) is 17.5 Å². The lowest BCUT2D eigenvalue weighted by molar-refractivity contribution is -0.387. The van der Waals surface area contributed by atoms with Gasteiger partial charge in [-0.05, 0) is 48.0 Å². The molecule has 2 N–H and O–H groups in total. The maximum atomic E-state index is 11.6. The number of carboxylic acid groups (broad SMARTS) is 1. The van der Waals surface area contributed by atoms with Crippen molar-refractivity contribution in [2.75, 3.05) is 12.4 Å². The van der Waals surface area contributed by atoms with E-state index in [1.54, 1.807) is 36.4 Å². The molecule has 3 aromatic carbocycles. The van der Waals surface area contributed by atoms with Crippen molar-refractivity contribution in [2.24, 2.45) is 0 Å². The van der Waals surface area contributed by atoms with Gasteiger partial charge in [0.1, 0.15) is 5.75 Å². The Labute approximate surface area is 192 Å². The fourth-order valence-corrected chi connectivity index (χ4v) is 4.05. The van der Waals surface area contributed by atoms with Crippen LogP contribution in [0.2, 0.25) is 10.0 Å². The number of anilines is 1. The number of ether oxygens (including phenoxy) is 1. The van der Waals surface area contributed by atoms with Crippen molar-refractivity contribution in [3.63, 3.8) is 0 Å². The Kier molecular flexibility index (Phi) is 7.27. The number of benzene rings is 3. The molecule has 10 heteroatoms. The summed E-state index contributed by atoms with van der Waals surface area (Å²) < 4.78 is 5.25. The Morgan fingerprint density at radius 1 is 1.13 bits per heavy atom. The van der Waals surface area contributed by atoms with Gasteiger partial charge < -0.3 is 15.2 Å². The second-order valence-electron chi connectivity index (χ2n) is 6.31. The normalized spacial score (nSPS) is 10.5. The Morgan fingerprint density at radius 2 is 1.90 bits per heavy atom. The van der Waals surface area contributed by atoms with E-state index in [-0.39, 0.29) is 17.8 Å². The molecule has 0 atom stereocenters. The minimum Gasteiger partial charge on any atom is -0.495 e. The van der Waals surface area contributed by atoms with Crippen LogP contribution in [0.25, 0.3) is 0 Å². The Balaban J connectivity index is 1.83. The van der Waals surface area contributed by atoms with Crippen LogP contribution in [0.4, 0.5) is 11.4 Å². The molecule has 0 aliphatic carbocycles. The molecule has 0 amide bonds. The van der Waals surface area contributed by atoms with E-state index in [1.165, 1.54) is 37.1 Å². The smallest absolute Gasteiger partial charge is 0.335 e. The number of halogens is 2. The molecule has 0 spiro atoms. The molecule has 0 fully saturated rings. The Bertz CT molecular complexity index is 1160. The van der Waals surface area contributed by atoms with Crippen LogP contribution in [0, 0.1) is 10.1 Å². The molecule has 0 saturated carbocycles. The van der Waals surface area contributed by atoms with E-state index in [2.05, 4.69) is 5.32 Å². The quantitative estimate of drug-likeness (QED) is 0.286. The molecular formula is C21H16Cl2N2O5S. The van der Waals surface area contributed by atoms with Crippen LogP contribution in [-0.4, -0.2) is 23.1 Å². The molecular weight excluding hydrogens is 463 g/mol. The van der Waals surface area contributed by atoms with Crippen LogP contribution in [0.3, 0.4) is 0 Å². The van der Waals surface area contributed by atoms with Gasteiger partial charge in [0.2, 0.25) is 0 Å². The molecule has 0 heterocycles. The van der Waals surface area contributed by atoms with Crippen LogP contribution in [0.5, 0.6) is 5.75 Å². The number of nitro groups is 1. The van der Waals surface area contributed by atoms with Crippen LogP contribution in [0.15, 0.2) is 64.4 Å². The molecule has 0 aromatic heterocycles. The first-order valence-electron chi connectivity index (χ1n) is 8.84. The number of hydrogen-bond acceptors (Lipinski definition) is 6. The van der Waals surface area contributed by atoms with Gasteiger partial charge in [-0.25, -0.2) is 4.79 Å². The second-order valence-corrected chi connectivity index (χ2v) is 8.24. The first-order valence-corrected chi connectivity index (χ1v) is 10.4. The molecule has 3 aromatic rings. The van der Waals surface area contributed by atoms with Gasteiger partial charge in [-0.15, -0.1) is 0 Å². The van der Waals surface area contributed by atoms with Crippen molar-refractivity contribution in [3.8, 4) is 5.75 Å². The van der Waals surface area contributed by atoms with Crippen molar-refractivity contribution in [1.82, 2.24) is 0 Å². The number of methoxy groups -OCH3 is 1. The monoisotopic (exact) mass is 478 g/mol. The molecule has 160 valence electrons. The van der Waals surface area contributed by atoms with Gasteiger partial charge in [0.25, 0.3) is 5.69 Å². The third-order valence-electron chi connectivity index (χ3n) is 4.27. The highest BCUT2D eigenvalue weighted by Gasteiger charge is 2.17. The molecule has 31 heavy (non-hydrogen) atoms. The molecule has 7 nitrogen and oxygen atoms in total. The summed E-state index contributed by atoms with van der Waals surface area (Å²) in [6.07, 6.45) is 0. The number of aromatic carboxylic acids is 1. The maximum absolute atomic E-state index is 11.6. The lowest BCUT2D eigenvalue weighted by Gasteiger charge is -2.12. The molecule has 0 bridgehead atoms. The zero-order chi connectivity index (χ0) is 22.5. The van der Waals surface area contributed by atoms with E-state index < -0.39 is 10.9 Å². The summed E-state index contributed by atoms with van der Waals surface area (Å²) in [7, 11) is 1.47. The highest BCUT2D eigenvalue weighted by Crippen LogP contribution is 2.38. The van der Waals surface area contributed by atoms with Gasteiger partial charge in [0.05, 0.1) is 38.2 Å². The number of nitrogens with one attached hydrogen (secondary N) is 1. The summed E-state index contributed by atoms with van der Waals surface area (Å²) >= 11 is 13.2. The van der Waals surface area contributed by atoms with Crippen LogP contribution >= 0.6 is 35.0 Å². The Morgan fingerprint density at radius 3 is 2.55 bits per heavy atom. The Hall–Kier alpha value is -2.94. The van der Waals surface area contributed by atoms with Gasteiger partial charge in [0.15, 0.2) is 0 Å². The van der Waals surface area contributed by atoms with Crippen molar-refractivity contribution < 1.29 is 19.6 Å². The third kappa shape index (κ3) is 5.61. The maximum Gasteiger partial charge on any atom is 0.335 e. The van der Waals surface area contributed by atoms with Crippen molar-refractivity contribution in [2.45, 2.75) is 16.3 Å². The highest BCUT2D eigenvalue weighted by atomic mass is 35.5. The van der Waals surface area contributed by atoms with Crippen molar-refractivity contribution in [3.05, 3.63) is 85.9 Å². The van der Waals surface area contributed by atoms with Crippen LogP contribution < -0.4 is 10.1 Å². The summed E-state index contributed by atoms with van der Waals surface area (Å²) in [5.74, 6) is -0.601. The molecule has 0 aliphatic rings. The summed E-state index contributed by atoms with van der Waals surface area (Å²) in [5, 5.41) is 24.6.